The van der Waals surface area contributed by atoms with E-state index in [1.165, 1.54) is 5.56 Å². The number of rotatable bonds is 3. The van der Waals surface area contributed by atoms with Gasteiger partial charge in [0.25, 0.3) is 0 Å². The van der Waals surface area contributed by atoms with Crippen molar-refractivity contribution in [3.8, 4) is 0 Å². The zero-order valence-corrected chi connectivity index (χ0v) is 11.0. The molecule has 0 amide bonds. The number of hydrogen-bond donors (Lipinski definition) is 1. The molecule has 0 spiro atoms. The summed E-state index contributed by atoms with van der Waals surface area (Å²) in [5, 5.41) is 2.55. The molecule has 1 nitrogen and oxygen atoms in total. The highest BCUT2D eigenvalue weighted by atomic mass is 35.5. The van der Waals surface area contributed by atoms with Crippen molar-refractivity contribution in [1.82, 2.24) is 4.98 Å². The summed E-state index contributed by atoms with van der Waals surface area (Å²) in [5.41, 5.74) is 2.32. The van der Waals surface area contributed by atoms with Gasteiger partial charge in [0.2, 0.25) is 0 Å². The summed E-state index contributed by atoms with van der Waals surface area (Å²) < 4.78 is 0. The Bertz CT molecular complexity index is 498. The molecule has 2 aromatic rings. The van der Waals surface area contributed by atoms with Crippen LogP contribution in [0.4, 0.5) is 0 Å². The fraction of sp³-hybridized carbons (Fsp3) is 0.385. The second-order valence-electron chi connectivity index (χ2n) is 4.07. The smallest absolute Gasteiger partial charge is 0.0661 e. The Morgan fingerprint density at radius 2 is 1.88 bits per heavy atom. The summed E-state index contributed by atoms with van der Waals surface area (Å²) in [7, 11) is 0. The van der Waals surface area contributed by atoms with Gasteiger partial charge in [0.15, 0.2) is 0 Å². The molecular formula is C13H15Cl2N. The van der Waals surface area contributed by atoms with Gasteiger partial charge in [-0.25, -0.2) is 0 Å². The normalized spacial score (nSPS) is 11.6. The summed E-state index contributed by atoms with van der Waals surface area (Å²) in [5.74, 6) is 0.572. The highest BCUT2D eigenvalue weighted by molar-refractivity contribution is 6.38. The van der Waals surface area contributed by atoms with E-state index in [-0.39, 0.29) is 0 Å². The van der Waals surface area contributed by atoms with E-state index in [1.54, 1.807) is 6.07 Å². The summed E-state index contributed by atoms with van der Waals surface area (Å²) in [4.78, 5) is 3.24. The van der Waals surface area contributed by atoms with Gasteiger partial charge in [-0.15, -0.1) is 0 Å². The number of aromatic nitrogens is 1. The van der Waals surface area contributed by atoms with Crippen LogP contribution in [0.25, 0.3) is 10.9 Å². The van der Waals surface area contributed by atoms with Gasteiger partial charge in [-0.1, -0.05) is 37.0 Å². The second kappa shape index (κ2) is 4.68. The van der Waals surface area contributed by atoms with E-state index in [4.69, 9.17) is 23.2 Å². The number of benzene rings is 1. The third-order valence-electron chi connectivity index (χ3n) is 3.16. The Kier molecular flexibility index (Phi) is 3.46. The molecule has 0 bridgehead atoms. The SMILES string of the molecule is CCC(CC)c1c[nH]c2c(Cl)cc(Cl)cc12. The maximum absolute atomic E-state index is 6.15. The molecule has 1 heterocycles. The first-order valence-corrected chi connectivity index (χ1v) is 6.39. The molecular weight excluding hydrogens is 241 g/mol. The van der Waals surface area contributed by atoms with Crippen LogP contribution in [-0.4, -0.2) is 4.98 Å². The lowest BCUT2D eigenvalue weighted by molar-refractivity contribution is 0.646. The van der Waals surface area contributed by atoms with Gasteiger partial charge in [-0.05, 0) is 36.5 Å². The molecule has 86 valence electrons. The Morgan fingerprint density at radius 1 is 1.19 bits per heavy atom. The molecule has 0 atom stereocenters. The van der Waals surface area contributed by atoms with Crippen LogP contribution in [0, 0.1) is 0 Å². The second-order valence-corrected chi connectivity index (χ2v) is 4.91. The average Bonchev–Trinajstić information content (AvgIpc) is 2.64. The zero-order chi connectivity index (χ0) is 11.7. The van der Waals surface area contributed by atoms with Crippen molar-refractivity contribution >= 4 is 34.1 Å². The molecule has 3 heteroatoms. The standard InChI is InChI=1S/C13H15Cl2N/c1-3-8(4-2)11-7-16-13-10(11)5-9(14)6-12(13)15/h5-8,16H,3-4H2,1-2H3. The van der Waals surface area contributed by atoms with Crippen molar-refractivity contribution in [2.75, 3.05) is 0 Å². The van der Waals surface area contributed by atoms with E-state index in [9.17, 15) is 0 Å². The fourth-order valence-corrected chi connectivity index (χ4v) is 2.79. The van der Waals surface area contributed by atoms with Gasteiger partial charge in [0.05, 0.1) is 10.5 Å². The number of aromatic amines is 1. The molecule has 1 aromatic carbocycles. The molecule has 0 saturated heterocycles. The van der Waals surface area contributed by atoms with E-state index in [2.05, 4.69) is 25.0 Å². The Hall–Kier alpha value is -0.660. The molecule has 0 aliphatic carbocycles. The maximum atomic E-state index is 6.15. The van der Waals surface area contributed by atoms with Crippen LogP contribution < -0.4 is 0 Å². The van der Waals surface area contributed by atoms with Gasteiger partial charge in [-0.2, -0.15) is 0 Å². The predicted molar refractivity (Wildman–Crippen MR) is 71.6 cm³/mol. The number of fused-ring (bicyclic) bond motifs is 1. The number of H-pyrrole nitrogens is 1. The lowest BCUT2D eigenvalue weighted by Crippen LogP contribution is -1.93. The van der Waals surface area contributed by atoms with Gasteiger partial charge >= 0.3 is 0 Å². The van der Waals surface area contributed by atoms with Crippen molar-refractivity contribution in [2.24, 2.45) is 0 Å². The lowest BCUT2D eigenvalue weighted by Gasteiger charge is -2.11. The van der Waals surface area contributed by atoms with Crippen LogP contribution in [0.1, 0.15) is 38.2 Å². The number of hydrogen-bond acceptors (Lipinski definition) is 0. The summed E-state index contributed by atoms with van der Waals surface area (Å²) >= 11 is 12.2. The van der Waals surface area contributed by atoms with E-state index in [0.717, 1.165) is 23.7 Å². The van der Waals surface area contributed by atoms with Crippen LogP contribution in [-0.2, 0) is 0 Å². The number of halogens is 2. The lowest BCUT2D eigenvalue weighted by atomic mass is 9.94. The average molecular weight is 256 g/mol. The minimum absolute atomic E-state index is 0.572. The molecule has 0 aliphatic rings. The van der Waals surface area contributed by atoms with Crippen LogP contribution in [0.3, 0.4) is 0 Å². The molecule has 1 N–H and O–H groups in total. The van der Waals surface area contributed by atoms with E-state index < -0.39 is 0 Å². The minimum atomic E-state index is 0.572. The van der Waals surface area contributed by atoms with E-state index >= 15 is 0 Å². The molecule has 0 saturated carbocycles. The Morgan fingerprint density at radius 3 is 2.50 bits per heavy atom. The van der Waals surface area contributed by atoms with Gasteiger partial charge in [0, 0.05) is 16.6 Å². The van der Waals surface area contributed by atoms with Crippen molar-refractivity contribution in [2.45, 2.75) is 32.6 Å². The van der Waals surface area contributed by atoms with Crippen LogP contribution in [0.2, 0.25) is 10.0 Å². The van der Waals surface area contributed by atoms with Crippen molar-refractivity contribution in [1.29, 1.82) is 0 Å². The third-order valence-corrected chi connectivity index (χ3v) is 3.68. The quantitative estimate of drug-likeness (QED) is 0.758. The van der Waals surface area contributed by atoms with Gasteiger partial charge < -0.3 is 4.98 Å². The fourth-order valence-electron chi connectivity index (χ4n) is 2.24. The zero-order valence-electron chi connectivity index (χ0n) is 9.48. The highest BCUT2D eigenvalue weighted by Gasteiger charge is 2.14. The predicted octanol–water partition coefficient (Wildman–Crippen LogP) is 5.38. The topological polar surface area (TPSA) is 15.8 Å². The van der Waals surface area contributed by atoms with Crippen molar-refractivity contribution < 1.29 is 0 Å². The van der Waals surface area contributed by atoms with Gasteiger partial charge in [-0.3, -0.25) is 0 Å². The summed E-state index contributed by atoms with van der Waals surface area (Å²) in [6.45, 7) is 4.41. The van der Waals surface area contributed by atoms with Gasteiger partial charge in [0.1, 0.15) is 0 Å². The van der Waals surface area contributed by atoms with Crippen LogP contribution in [0.15, 0.2) is 18.3 Å². The molecule has 0 aliphatic heterocycles. The summed E-state index contributed by atoms with van der Waals surface area (Å²) in [6.07, 6.45) is 4.33. The molecule has 0 unspecified atom stereocenters. The minimum Gasteiger partial charge on any atom is -0.360 e. The molecule has 0 fully saturated rings. The Labute approximate surface area is 106 Å². The molecule has 16 heavy (non-hydrogen) atoms. The first-order valence-electron chi connectivity index (χ1n) is 5.63. The van der Waals surface area contributed by atoms with Crippen molar-refractivity contribution in [3.63, 3.8) is 0 Å². The van der Waals surface area contributed by atoms with E-state index in [1.807, 2.05) is 6.07 Å². The van der Waals surface area contributed by atoms with Crippen LogP contribution in [0.5, 0.6) is 0 Å². The third kappa shape index (κ3) is 1.94. The molecule has 0 radical (unpaired) electrons. The summed E-state index contributed by atoms with van der Waals surface area (Å²) in [6, 6.07) is 3.77. The van der Waals surface area contributed by atoms with Crippen LogP contribution >= 0.6 is 23.2 Å². The first kappa shape index (κ1) is 11.8. The highest BCUT2D eigenvalue weighted by Crippen LogP contribution is 2.35. The van der Waals surface area contributed by atoms with E-state index in [0.29, 0.717) is 16.0 Å². The first-order chi connectivity index (χ1) is 7.67. The molecule has 1 aromatic heterocycles. The molecule has 2 rings (SSSR count). The number of nitrogens with one attached hydrogen (secondary N) is 1. The maximum Gasteiger partial charge on any atom is 0.0661 e. The Balaban J connectivity index is 2.63. The van der Waals surface area contributed by atoms with Crippen molar-refractivity contribution in [3.05, 3.63) is 33.9 Å². The monoisotopic (exact) mass is 255 g/mol. The largest absolute Gasteiger partial charge is 0.360 e.